The van der Waals surface area contributed by atoms with E-state index in [0.29, 0.717) is 11.9 Å². The van der Waals surface area contributed by atoms with Gasteiger partial charge in [-0.3, -0.25) is 4.79 Å². The predicted molar refractivity (Wildman–Crippen MR) is 55.4 cm³/mol. The number of hydrogen-bond donors (Lipinski definition) is 2. The fraction of sp³-hybridized carbons (Fsp3) is 0.667. The van der Waals surface area contributed by atoms with Crippen LogP contribution in [0.4, 0.5) is 5.82 Å². The molecule has 82 valence electrons. The Hall–Kier alpha value is -1.43. The van der Waals surface area contributed by atoms with E-state index in [-0.39, 0.29) is 5.91 Å². The maximum absolute atomic E-state index is 10.8. The number of rotatable bonds is 3. The number of amides is 1. The standard InChI is InChI=1S/C9H15N5O/c1-7(15)12-9-5-11-14(13-9)6-8-3-2-4-10-8/h5,8,10H,2-4,6H2,1H3,(H,12,13,15). The van der Waals surface area contributed by atoms with Crippen molar-refractivity contribution in [2.45, 2.75) is 32.4 Å². The smallest absolute Gasteiger partial charge is 0.222 e. The van der Waals surface area contributed by atoms with E-state index in [1.807, 2.05) is 0 Å². The number of nitrogens with zero attached hydrogens (tertiary/aromatic N) is 3. The normalized spacial score (nSPS) is 20.5. The number of hydrogen-bond acceptors (Lipinski definition) is 4. The van der Waals surface area contributed by atoms with E-state index in [1.165, 1.54) is 13.3 Å². The van der Waals surface area contributed by atoms with Gasteiger partial charge in [-0.2, -0.15) is 9.90 Å². The largest absolute Gasteiger partial charge is 0.312 e. The Morgan fingerprint density at radius 1 is 1.80 bits per heavy atom. The molecule has 1 saturated heterocycles. The molecule has 0 bridgehead atoms. The highest BCUT2D eigenvalue weighted by Gasteiger charge is 2.15. The van der Waals surface area contributed by atoms with E-state index in [0.717, 1.165) is 19.5 Å². The summed E-state index contributed by atoms with van der Waals surface area (Å²) in [5.74, 6) is 0.390. The van der Waals surface area contributed by atoms with Gasteiger partial charge in [0.05, 0.1) is 12.7 Å². The molecular weight excluding hydrogens is 194 g/mol. The minimum Gasteiger partial charge on any atom is -0.312 e. The second-order valence-electron chi connectivity index (χ2n) is 3.76. The van der Waals surface area contributed by atoms with Crippen molar-refractivity contribution in [3.05, 3.63) is 6.20 Å². The van der Waals surface area contributed by atoms with Gasteiger partial charge in [0.1, 0.15) is 0 Å². The van der Waals surface area contributed by atoms with Gasteiger partial charge < -0.3 is 10.6 Å². The summed E-state index contributed by atoms with van der Waals surface area (Å²) in [5, 5.41) is 14.2. The van der Waals surface area contributed by atoms with Crippen LogP contribution >= 0.6 is 0 Å². The van der Waals surface area contributed by atoms with Crippen molar-refractivity contribution in [3.63, 3.8) is 0 Å². The zero-order chi connectivity index (χ0) is 10.7. The fourth-order valence-electron chi connectivity index (χ4n) is 1.73. The Balaban J connectivity index is 1.91. The van der Waals surface area contributed by atoms with Crippen LogP contribution in [0.15, 0.2) is 6.20 Å². The lowest BCUT2D eigenvalue weighted by molar-refractivity contribution is -0.114. The molecule has 1 unspecified atom stereocenters. The highest BCUT2D eigenvalue weighted by molar-refractivity contribution is 5.87. The Labute approximate surface area is 88.0 Å². The minimum absolute atomic E-state index is 0.124. The molecule has 2 N–H and O–H groups in total. The fourth-order valence-corrected chi connectivity index (χ4v) is 1.73. The summed E-state index contributed by atoms with van der Waals surface area (Å²) in [5.41, 5.74) is 0. The molecule has 0 aliphatic carbocycles. The van der Waals surface area contributed by atoms with Gasteiger partial charge in [-0.15, -0.1) is 5.10 Å². The molecule has 1 aliphatic heterocycles. The number of nitrogens with one attached hydrogen (secondary N) is 2. The molecule has 2 heterocycles. The second kappa shape index (κ2) is 4.39. The summed E-state index contributed by atoms with van der Waals surface area (Å²) in [4.78, 5) is 12.4. The quantitative estimate of drug-likeness (QED) is 0.734. The molecule has 1 amide bonds. The van der Waals surface area contributed by atoms with Gasteiger partial charge in [0, 0.05) is 13.0 Å². The zero-order valence-electron chi connectivity index (χ0n) is 8.73. The van der Waals surface area contributed by atoms with Crippen molar-refractivity contribution in [3.8, 4) is 0 Å². The van der Waals surface area contributed by atoms with E-state index in [9.17, 15) is 4.79 Å². The number of carbonyl (C=O) groups excluding carboxylic acids is 1. The molecule has 0 radical (unpaired) electrons. The molecule has 2 rings (SSSR count). The summed E-state index contributed by atoms with van der Waals surface area (Å²) in [6, 6.07) is 0.461. The molecule has 1 aromatic heterocycles. The Kier molecular flexibility index (Phi) is 2.96. The molecule has 1 fully saturated rings. The third kappa shape index (κ3) is 2.76. The average Bonchev–Trinajstić information content (AvgIpc) is 2.77. The third-order valence-electron chi connectivity index (χ3n) is 2.39. The Morgan fingerprint density at radius 3 is 3.33 bits per heavy atom. The summed E-state index contributed by atoms with van der Waals surface area (Å²) < 4.78 is 0. The number of carbonyl (C=O) groups is 1. The van der Waals surface area contributed by atoms with Crippen LogP contribution in [-0.2, 0) is 11.3 Å². The van der Waals surface area contributed by atoms with Crippen molar-refractivity contribution < 1.29 is 4.79 Å². The van der Waals surface area contributed by atoms with Crippen LogP contribution in [0, 0.1) is 0 Å². The van der Waals surface area contributed by atoms with Gasteiger partial charge in [-0.05, 0) is 19.4 Å². The molecular formula is C9H15N5O. The first-order valence-electron chi connectivity index (χ1n) is 5.15. The maximum Gasteiger partial charge on any atom is 0.222 e. The Bertz CT molecular complexity index is 342. The van der Waals surface area contributed by atoms with E-state index in [2.05, 4.69) is 20.8 Å². The summed E-state index contributed by atoms with van der Waals surface area (Å²) in [7, 11) is 0. The maximum atomic E-state index is 10.8. The highest BCUT2D eigenvalue weighted by Crippen LogP contribution is 2.07. The van der Waals surface area contributed by atoms with E-state index in [1.54, 1.807) is 11.0 Å². The van der Waals surface area contributed by atoms with E-state index >= 15 is 0 Å². The highest BCUT2D eigenvalue weighted by atomic mass is 16.1. The van der Waals surface area contributed by atoms with Crippen LogP contribution in [0.2, 0.25) is 0 Å². The Morgan fingerprint density at radius 2 is 2.67 bits per heavy atom. The van der Waals surface area contributed by atoms with Crippen molar-refractivity contribution >= 4 is 11.7 Å². The molecule has 0 aromatic carbocycles. The van der Waals surface area contributed by atoms with Crippen LogP contribution in [0.5, 0.6) is 0 Å². The van der Waals surface area contributed by atoms with Gasteiger partial charge in [0.2, 0.25) is 5.91 Å². The molecule has 6 heteroatoms. The van der Waals surface area contributed by atoms with Crippen LogP contribution in [0.25, 0.3) is 0 Å². The zero-order valence-corrected chi connectivity index (χ0v) is 8.73. The molecule has 6 nitrogen and oxygen atoms in total. The van der Waals surface area contributed by atoms with E-state index < -0.39 is 0 Å². The molecule has 1 aromatic rings. The minimum atomic E-state index is -0.124. The van der Waals surface area contributed by atoms with Crippen LogP contribution < -0.4 is 10.6 Å². The number of aromatic nitrogens is 3. The molecule has 0 spiro atoms. The lowest BCUT2D eigenvalue weighted by Gasteiger charge is -2.07. The summed E-state index contributed by atoms with van der Waals surface area (Å²) in [6.45, 7) is 3.29. The van der Waals surface area contributed by atoms with Crippen molar-refractivity contribution in [1.29, 1.82) is 0 Å². The summed E-state index contributed by atoms with van der Waals surface area (Å²) in [6.07, 6.45) is 3.94. The summed E-state index contributed by atoms with van der Waals surface area (Å²) >= 11 is 0. The average molecular weight is 209 g/mol. The predicted octanol–water partition coefficient (Wildman–Crippen LogP) is -0.0115. The van der Waals surface area contributed by atoms with Crippen LogP contribution in [0.3, 0.4) is 0 Å². The molecule has 0 saturated carbocycles. The van der Waals surface area contributed by atoms with Gasteiger partial charge in [-0.25, -0.2) is 0 Å². The first kappa shape index (κ1) is 10.1. The second-order valence-corrected chi connectivity index (χ2v) is 3.76. The van der Waals surface area contributed by atoms with Gasteiger partial charge in [0.15, 0.2) is 5.82 Å². The van der Waals surface area contributed by atoms with Crippen LogP contribution in [0.1, 0.15) is 19.8 Å². The van der Waals surface area contributed by atoms with Crippen LogP contribution in [-0.4, -0.2) is 33.5 Å². The number of anilines is 1. The van der Waals surface area contributed by atoms with E-state index in [4.69, 9.17) is 0 Å². The third-order valence-corrected chi connectivity index (χ3v) is 2.39. The van der Waals surface area contributed by atoms with Gasteiger partial charge >= 0.3 is 0 Å². The monoisotopic (exact) mass is 209 g/mol. The topological polar surface area (TPSA) is 71.8 Å². The lowest BCUT2D eigenvalue weighted by atomic mass is 10.2. The van der Waals surface area contributed by atoms with Gasteiger partial charge in [-0.1, -0.05) is 0 Å². The van der Waals surface area contributed by atoms with Crippen molar-refractivity contribution in [2.24, 2.45) is 0 Å². The first-order chi connectivity index (χ1) is 7.24. The molecule has 1 aliphatic rings. The first-order valence-corrected chi connectivity index (χ1v) is 5.15. The lowest BCUT2D eigenvalue weighted by Crippen LogP contribution is -2.27. The SMILES string of the molecule is CC(=O)Nc1cnn(CC2CCCN2)n1. The van der Waals surface area contributed by atoms with Gasteiger partial charge in [0.25, 0.3) is 0 Å². The van der Waals surface area contributed by atoms with Crippen molar-refractivity contribution in [2.75, 3.05) is 11.9 Å². The molecule has 1 atom stereocenters. The molecule has 15 heavy (non-hydrogen) atoms. The van der Waals surface area contributed by atoms with Crippen molar-refractivity contribution in [1.82, 2.24) is 20.3 Å².